The van der Waals surface area contributed by atoms with Crippen LogP contribution in [0.4, 0.5) is 11.4 Å². The second-order valence-electron chi connectivity index (χ2n) is 4.33. The Bertz CT molecular complexity index is 560. The SMILES string of the molecule is COCCC(N)C(=O)Nc1cccc(NS(C)(=O)=O)c1. The zero-order chi connectivity index (χ0) is 15.2. The van der Waals surface area contributed by atoms with Gasteiger partial charge in [0.25, 0.3) is 0 Å². The summed E-state index contributed by atoms with van der Waals surface area (Å²) in [7, 11) is -1.82. The summed E-state index contributed by atoms with van der Waals surface area (Å²) in [5.41, 5.74) is 6.53. The summed E-state index contributed by atoms with van der Waals surface area (Å²) in [5.74, 6) is -0.349. The van der Waals surface area contributed by atoms with E-state index in [0.29, 0.717) is 24.4 Å². The van der Waals surface area contributed by atoms with Crippen LogP contribution in [0.3, 0.4) is 0 Å². The van der Waals surface area contributed by atoms with Crippen LogP contribution in [0, 0.1) is 0 Å². The number of carbonyl (C=O) groups is 1. The summed E-state index contributed by atoms with van der Waals surface area (Å²) < 4.78 is 29.4. The average molecular weight is 301 g/mol. The highest BCUT2D eigenvalue weighted by Gasteiger charge is 2.13. The van der Waals surface area contributed by atoms with Gasteiger partial charge in [-0.25, -0.2) is 8.42 Å². The molecule has 0 aliphatic rings. The molecule has 1 aromatic carbocycles. The van der Waals surface area contributed by atoms with E-state index in [1.165, 1.54) is 13.2 Å². The molecule has 0 saturated heterocycles. The highest BCUT2D eigenvalue weighted by atomic mass is 32.2. The van der Waals surface area contributed by atoms with Gasteiger partial charge < -0.3 is 15.8 Å². The van der Waals surface area contributed by atoms with Crippen LogP contribution in [0.25, 0.3) is 0 Å². The number of benzene rings is 1. The highest BCUT2D eigenvalue weighted by Crippen LogP contribution is 2.16. The minimum absolute atomic E-state index is 0.349. The van der Waals surface area contributed by atoms with Crippen molar-refractivity contribution in [3.8, 4) is 0 Å². The Morgan fingerprint density at radius 2 is 2.05 bits per heavy atom. The Labute approximate surface area is 118 Å². The summed E-state index contributed by atoms with van der Waals surface area (Å²) in [4.78, 5) is 11.8. The molecule has 7 nitrogen and oxygen atoms in total. The molecule has 0 aliphatic heterocycles. The van der Waals surface area contributed by atoms with E-state index in [2.05, 4.69) is 10.0 Å². The molecule has 0 bridgehead atoms. The van der Waals surface area contributed by atoms with Crippen molar-refractivity contribution in [3.05, 3.63) is 24.3 Å². The minimum Gasteiger partial charge on any atom is -0.385 e. The first kappa shape index (κ1) is 16.4. The topological polar surface area (TPSA) is 111 Å². The van der Waals surface area contributed by atoms with Crippen LogP contribution in [0.1, 0.15) is 6.42 Å². The van der Waals surface area contributed by atoms with Crippen LogP contribution in [0.15, 0.2) is 24.3 Å². The van der Waals surface area contributed by atoms with Gasteiger partial charge >= 0.3 is 0 Å². The first-order valence-corrected chi connectivity index (χ1v) is 7.84. The predicted octanol–water partition coefficient (Wildman–Crippen LogP) is 0.360. The third-order valence-corrected chi connectivity index (χ3v) is 3.01. The molecule has 0 aliphatic carbocycles. The molecule has 1 unspecified atom stereocenters. The Morgan fingerprint density at radius 3 is 2.65 bits per heavy atom. The second kappa shape index (κ2) is 7.22. The quantitative estimate of drug-likeness (QED) is 0.673. The lowest BCUT2D eigenvalue weighted by atomic mass is 10.2. The third-order valence-electron chi connectivity index (χ3n) is 2.40. The van der Waals surface area contributed by atoms with Crippen LogP contribution in [0.5, 0.6) is 0 Å². The number of hydrogen-bond acceptors (Lipinski definition) is 5. The number of sulfonamides is 1. The summed E-state index contributed by atoms with van der Waals surface area (Å²) >= 11 is 0. The zero-order valence-corrected chi connectivity index (χ0v) is 12.2. The molecule has 0 spiro atoms. The maximum atomic E-state index is 11.8. The van der Waals surface area contributed by atoms with E-state index in [0.717, 1.165) is 6.26 Å². The molecule has 112 valence electrons. The molecule has 0 aromatic heterocycles. The first-order chi connectivity index (χ1) is 9.31. The van der Waals surface area contributed by atoms with Crippen molar-refractivity contribution < 1.29 is 17.9 Å². The van der Waals surface area contributed by atoms with Gasteiger partial charge in [-0.3, -0.25) is 9.52 Å². The van der Waals surface area contributed by atoms with Crippen LogP contribution < -0.4 is 15.8 Å². The fourth-order valence-electron chi connectivity index (χ4n) is 1.49. The molecule has 0 radical (unpaired) electrons. The number of ether oxygens (including phenoxy) is 1. The molecule has 0 fully saturated rings. The van der Waals surface area contributed by atoms with Gasteiger partial charge in [0.1, 0.15) is 0 Å². The maximum Gasteiger partial charge on any atom is 0.241 e. The largest absolute Gasteiger partial charge is 0.385 e. The van der Waals surface area contributed by atoms with E-state index < -0.39 is 16.1 Å². The van der Waals surface area contributed by atoms with Crippen LogP contribution in [-0.2, 0) is 19.6 Å². The van der Waals surface area contributed by atoms with E-state index in [1.807, 2.05) is 0 Å². The molecular weight excluding hydrogens is 282 g/mol. The third kappa shape index (κ3) is 6.00. The molecule has 4 N–H and O–H groups in total. The molecule has 20 heavy (non-hydrogen) atoms. The number of nitrogens with two attached hydrogens (primary N) is 1. The lowest BCUT2D eigenvalue weighted by Crippen LogP contribution is -2.36. The van der Waals surface area contributed by atoms with Crippen molar-refractivity contribution >= 4 is 27.3 Å². The van der Waals surface area contributed by atoms with Gasteiger partial charge in [-0.15, -0.1) is 0 Å². The van der Waals surface area contributed by atoms with Gasteiger partial charge in [-0.05, 0) is 24.6 Å². The number of carbonyl (C=O) groups excluding carboxylic acids is 1. The first-order valence-electron chi connectivity index (χ1n) is 5.95. The number of methoxy groups -OCH3 is 1. The van der Waals surface area contributed by atoms with Gasteiger partial charge in [-0.2, -0.15) is 0 Å². The average Bonchev–Trinajstić information content (AvgIpc) is 2.34. The smallest absolute Gasteiger partial charge is 0.241 e. The molecule has 1 aromatic rings. The monoisotopic (exact) mass is 301 g/mol. The van der Waals surface area contributed by atoms with E-state index in [1.54, 1.807) is 18.2 Å². The van der Waals surface area contributed by atoms with Gasteiger partial charge in [0.05, 0.1) is 18.0 Å². The maximum absolute atomic E-state index is 11.8. The molecular formula is C12H19N3O4S. The fraction of sp³-hybridized carbons (Fsp3) is 0.417. The minimum atomic E-state index is -3.35. The van der Waals surface area contributed by atoms with E-state index in [-0.39, 0.29) is 5.91 Å². The zero-order valence-electron chi connectivity index (χ0n) is 11.4. The highest BCUT2D eigenvalue weighted by molar-refractivity contribution is 7.92. The Morgan fingerprint density at radius 1 is 1.40 bits per heavy atom. The van der Waals surface area contributed by atoms with Gasteiger partial charge in [0, 0.05) is 19.4 Å². The van der Waals surface area contributed by atoms with E-state index >= 15 is 0 Å². The molecule has 0 heterocycles. The summed E-state index contributed by atoms with van der Waals surface area (Å²) in [6, 6.07) is 5.70. The number of nitrogens with one attached hydrogen (secondary N) is 2. The molecule has 8 heteroatoms. The van der Waals surface area contributed by atoms with Crippen molar-refractivity contribution in [2.24, 2.45) is 5.73 Å². The van der Waals surface area contributed by atoms with Gasteiger partial charge in [0.2, 0.25) is 15.9 Å². The molecule has 0 saturated carbocycles. The normalized spacial score (nSPS) is 12.8. The molecule has 1 rings (SSSR count). The fourth-order valence-corrected chi connectivity index (χ4v) is 2.04. The van der Waals surface area contributed by atoms with Crippen molar-refractivity contribution in [2.75, 3.05) is 30.0 Å². The van der Waals surface area contributed by atoms with Crippen molar-refractivity contribution in [3.63, 3.8) is 0 Å². The van der Waals surface area contributed by atoms with Crippen molar-refractivity contribution in [1.82, 2.24) is 0 Å². The Balaban J connectivity index is 2.68. The van der Waals surface area contributed by atoms with Gasteiger partial charge in [-0.1, -0.05) is 6.07 Å². The van der Waals surface area contributed by atoms with Crippen LogP contribution in [0.2, 0.25) is 0 Å². The summed E-state index contributed by atoms with van der Waals surface area (Å²) in [6.07, 6.45) is 1.46. The molecule has 1 amide bonds. The summed E-state index contributed by atoms with van der Waals surface area (Å²) in [6.45, 7) is 0.393. The predicted molar refractivity (Wildman–Crippen MR) is 78.0 cm³/mol. The number of hydrogen-bond donors (Lipinski definition) is 3. The Kier molecular flexibility index (Phi) is 5.93. The second-order valence-corrected chi connectivity index (χ2v) is 6.08. The van der Waals surface area contributed by atoms with E-state index in [4.69, 9.17) is 10.5 Å². The van der Waals surface area contributed by atoms with Crippen LogP contribution >= 0.6 is 0 Å². The lowest BCUT2D eigenvalue weighted by Gasteiger charge is -2.12. The number of amides is 1. The van der Waals surface area contributed by atoms with Crippen LogP contribution in [-0.4, -0.2) is 40.3 Å². The van der Waals surface area contributed by atoms with Crippen molar-refractivity contribution in [2.45, 2.75) is 12.5 Å². The Hall–Kier alpha value is -1.64. The standard InChI is InChI=1S/C12H19N3O4S/c1-19-7-6-11(13)12(16)14-9-4-3-5-10(8-9)15-20(2,17)18/h3-5,8,11,15H,6-7,13H2,1-2H3,(H,14,16). The molecule has 1 atom stereocenters. The lowest BCUT2D eigenvalue weighted by molar-refractivity contribution is -0.117. The van der Waals surface area contributed by atoms with E-state index in [9.17, 15) is 13.2 Å². The number of rotatable bonds is 7. The number of anilines is 2. The van der Waals surface area contributed by atoms with Gasteiger partial charge in [0.15, 0.2) is 0 Å². The van der Waals surface area contributed by atoms with Crippen molar-refractivity contribution in [1.29, 1.82) is 0 Å². The summed E-state index contributed by atoms with van der Waals surface area (Å²) in [5, 5.41) is 2.62.